The van der Waals surface area contributed by atoms with Gasteiger partial charge in [0.1, 0.15) is 0 Å². The van der Waals surface area contributed by atoms with Crippen LogP contribution in [0.25, 0.3) is 0 Å². The van der Waals surface area contributed by atoms with Gasteiger partial charge in [0.15, 0.2) is 5.82 Å². The number of hydrogen-bond acceptors (Lipinski definition) is 4. The molecule has 2 rings (SSSR count). The Morgan fingerprint density at radius 2 is 2.07 bits per heavy atom. The van der Waals surface area contributed by atoms with Crippen LogP contribution < -0.4 is 5.73 Å². The van der Waals surface area contributed by atoms with E-state index in [1.54, 1.807) is 6.92 Å². The lowest BCUT2D eigenvalue weighted by atomic mass is 9.88. The molecule has 0 saturated heterocycles. The van der Waals surface area contributed by atoms with Gasteiger partial charge in [-0.05, 0) is 24.7 Å². The van der Waals surface area contributed by atoms with E-state index in [0.717, 1.165) is 19.3 Å². The molecule has 0 radical (unpaired) electrons. The largest absolute Gasteiger partial charge is 0.340 e. The minimum atomic E-state index is -0.374. The van der Waals surface area contributed by atoms with Crippen molar-refractivity contribution in [3.63, 3.8) is 0 Å². The molecule has 1 aliphatic rings. The Hall–Kier alpha value is -0.900. The van der Waals surface area contributed by atoms with Crippen LogP contribution in [0, 0.1) is 12.3 Å². The molecule has 0 bridgehead atoms. The van der Waals surface area contributed by atoms with Crippen LogP contribution in [0.3, 0.4) is 0 Å². The molecular weight excluding hydrogens is 178 g/mol. The molecule has 1 heterocycles. The van der Waals surface area contributed by atoms with Crippen molar-refractivity contribution in [2.45, 2.75) is 45.6 Å². The third-order valence-electron chi connectivity index (χ3n) is 3.01. The van der Waals surface area contributed by atoms with Gasteiger partial charge in [0, 0.05) is 6.92 Å². The number of aromatic nitrogens is 2. The SMILES string of the molecule is Cc1nc(C2(N)CCC(C)(C)C2)no1. The fraction of sp³-hybridized carbons (Fsp3) is 0.800. The summed E-state index contributed by atoms with van der Waals surface area (Å²) in [6.07, 6.45) is 3.00. The molecule has 1 aromatic rings. The molecule has 14 heavy (non-hydrogen) atoms. The zero-order chi connectivity index (χ0) is 10.4. The summed E-state index contributed by atoms with van der Waals surface area (Å²) in [5.41, 5.74) is 6.21. The second-order valence-electron chi connectivity index (χ2n) is 5.13. The molecule has 1 fully saturated rings. The fourth-order valence-corrected chi connectivity index (χ4v) is 2.28. The summed E-state index contributed by atoms with van der Waals surface area (Å²) in [4.78, 5) is 4.23. The summed E-state index contributed by atoms with van der Waals surface area (Å²) in [5.74, 6) is 1.26. The van der Waals surface area contributed by atoms with E-state index in [0.29, 0.717) is 17.1 Å². The van der Waals surface area contributed by atoms with Crippen molar-refractivity contribution < 1.29 is 4.52 Å². The van der Waals surface area contributed by atoms with Crippen LogP contribution in [0.2, 0.25) is 0 Å². The van der Waals surface area contributed by atoms with Crippen LogP contribution in [-0.4, -0.2) is 10.1 Å². The van der Waals surface area contributed by atoms with Gasteiger partial charge in [-0.25, -0.2) is 0 Å². The number of hydrogen-bond donors (Lipinski definition) is 1. The minimum absolute atomic E-state index is 0.295. The molecule has 4 heteroatoms. The summed E-state index contributed by atoms with van der Waals surface area (Å²) in [6, 6.07) is 0. The van der Waals surface area contributed by atoms with Crippen molar-refractivity contribution in [1.29, 1.82) is 0 Å². The normalized spacial score (nSPS) is 30.9. The maximum absolute atomic E-state index is 6.28. The Bertz CT molecular complexity index is 345. The summed E-state index contributed by atoms with van der Waals surface area (Å²) in [7, 11) is 0. The van der Waals surface area contributed by atoms with Crippen molar-refractivity contribution in [3.8, 4) is 0 Å². The predicted octanol–water partition coefficient (Wildman–Crippen LogP) is 1.74. The van der Waals surface area contributed by atoms with Crippen LogP contribution in [0.1, 0.15) is 44.8 Å². The van der Waals surface area contributed by atoms with Crippen molar-refractivity contribution in [3.05, 3.63) is 11.7 Å². The Balaban J connectivity index is 2.27. The van der Waals surface area contributed by atoms with E-state index in [9.17, 15) is 0 Å². The van der Waals surface area contributed by atoms with E-state index in [4.69, 9.17) is 10.3 Å². The van der Waals surface area contributed by atoms with E-state index >= 15 is 0 Å². The van der Waals surface area contributed by atoms with E-state index in [-0.39, 0.29) is 5.54 Å². The first-order chi connectivity index (χ1) is 6.41. The number of rotatable bonds is 1. The maximum Gasteiger partial charge on any atom is 0.223 e. The zero-order valence-corrected chi connectivity index (χ0v) is 9.00. The fourth-order valence-electron chi connectivity index (χ4n) is 2.28. The van der Waals surface area contributed by atoms with Gasteiger partial charge in [0.2, 0.25) is 5.89 Å². The Kier molecular flexibility index (Phi) is 1.93. The monoisotopic (exact) mass is 195 g/mol. The number of nitrogens with zero attached hydrogens (tertiary/aromatic N) is 2. The van der Waals surface area contributed by atoms with E-state index in [1.165, 1.54) is 0 Å². The summed E-state index contributed by atoms with van der Waals surface area (Å²) < 4.78 is 4.97. The summed E-state index contributed by atoms with van der Waals surface area (Å²) >= 11 is 0. The van der Waals surface area contributed by atoms with Crippen LogP contribution in [0.5, 0.6) is 0 Å². The van der Waals surface area contributed by atoms with Crippen LogP contribution >= 0.6 is 0 Å². The number of aryl methyl sites for hydroxylation is 1. The van der Waals surface area contributed by atoms with Crippen LogP contribution in [0.4, 0.5) is 0 Å². The average Bonchev–Trinajstić information content (AvgIpc) is 2.57. The van der Waals surface area contributed by atoms with Gasteiger partial charge in [0.25, 0.3) is 0 Å². The van der Waals surface area contributed by atoms with Gasteiger partial charge in [-0.3, -0.25) is 0 Å². The lowest BCUT2D eigenvalue weighted by Gasteiger charge is -2.22. The Morgan fingerprint density at radius 3 is 2.50 bits per heavy atom. The van der Waals surface area contributed by atoms with Crippen LogP contribution in [0.15, 0.2) is 4.52 Å². The standard InChI is InChI=1S/C10H17N3O/c1-7-12-8(13-14-7)10(11)5-4-9(2,3)6-10/h4-6,11H2,1-3H3. The highest BCUT2D eigenvalue weighted by Crippen LogP contribution is 2.46. The molecule has 0 spiro atoms. The van der Waals surface area contributed by atoms with Gasteiger partial charge >= 0.3 is 0 Å². The molecule has 78 valence electrons. The topological polar surface area (TPSA) is 64.9 Å². The average molecular weight is 195 g/mol. The molecule has 1 aromatic heterocycles. The highest BCUT2D eigenvalue weighted by atomic mass is 16.5. The molecular formula is C10H17N3O. The Labute approximate surface area is 83.9 Å². The molecule has 1 atom stereocenters. The molecule has 0 aromatic carbocycles. The third-order valence-corrected chi connectivity index (χ3v) is 3.01. The highest BCUT2D eigenvalue weighted by molar-refractivity contribution is 5.09. The highest BCUT2D eigenvalue weighted by Gasteiger charge is 2.44. The molecule has 1 aliphatic carbocycles. The van der Waals surface area contributed by atoms with Crippen molar-refractivity contribution in [2.75, 3.05) is 0 Å². The lowest BCUT2D eigenvalue weighted by molar-refractivity contribution is 0.316. The first-order valence-corrected chi connectivity index (χ1v) is 5.01. The van der Waals surface area contributed by atoms with Gasteiger partial charge in [-0.2, -0.15) is 4.98 Å². The lowest BCUT2D eigenvalue weighted by Crippen LogP contribution is -2.35. The number of nitrogens with two attached hydrogens (primary N) is 1. The van der Waals surface area contributed by atoms with E-state index in [1.807, 2.05) is 0 Å². The predicted molar refractivity (Wildman–Crippen MR) is 52.5 cm³/mol. The quantitative estimate of drug-likeness (QED) is 0.741. The van der Waals surface area contributed by atoms with E-state index in [2.05, 4.69) is 24.0 Å². The molecule has 1 unspecified atom stereocenters. The Morgan fingerprint density at radius 1 is 1.36 bits per heavy atom. The zero-order valence-electron chi connectivity index (χ0n) is 9.00. The second-order valence-corrected chi connectivity index (χ2v) is 5.13. The first kappa shape index (κ1) is 9.65. The first-order valence-electron chi connectivity index (χ1n) is 5.01. The maximum atomic E-state index is 6.28. The molecule has 1 saturated carbocycles. The van der Waals surface area contributed by atoms with Gasteiger partial charge in [0.05, 0.1) is 5.54 Å². The molecule has 0 aliphatic heterocycles. The molecule has 0 amide bonds. The summed E-state index contributed by atoms with van der Waals surface area (Å²) in [5, 5.41) is 3.92. The van der Waals surface area contributed by atoms with Crippen molar-refractivity contribution in [2.24, 2.45) is 11.1 Å². The van der Waals surface area contributed by atoms with E-state index < -0.39 is 0 Å². The van der Waals surface area contributed by atoms with Crippen LogP contribution in [-0.2, 0) is 5.54 Å². The molecule has 4 nitrogen and oxygen atoms in total. The third kappa shape index (κ3) is 1.54. The molecule has 2 N–H and O–H groups in total. The second kappa shape index (κ2) is 2.79. The summed E-state index contributed by atoms with van der Waals surface area (Å²) in [6.45, 7) is 6.25. The van der Waals surface area contributed by atoms with Gasteiger partial charge in [-0.1, -0.05) is 19.0 Å². The minimum Gasteiger partial charge on any atom is -0.340 e. The van der Waals surface area contributed by atoms with Gasteiger partial charge < -0.3 is 10.3 Å². The van der Waals surface area contributed by atoms with Crippen molar-refractivity contribution >= 4 is 0 Å². The van der Waals surface area contributed by atoms with Gasteiger partial charge in [-0.15, -0.1) is 0 Å². The van der Waals surface area contributed by atoms with Crippen molar-refractivity contribution in [1.82, 2.24) is 10.1 Å². The smallest absolute Gasteiger partial charge is 0.223 e.